The fourth-order valence-corrected chi connectivity index (χ4v) is 2.65. The van der Waals surface area contributed by atoms with E-state index in [0.29, 0.717) is 0 Å². The molecule has 0 unspecified atom stereocenters. The van der Waals surface area contributed by atoms with Crippen molar-refractivity contribution < 1.29 is 29.3 Å². The standard InChI is InChI=1S/C23H16O6/c1-2-14-7-9-15(10-8-14)21(25)22(26)18-5-3-4-6-20(18)29-16-11-12-17(23(27)28)19(24)13-16/h2-13,24H,1H2,(H,27,28). The second-order valence-electron chi connectivity index (χ2n) is 6.07. The average molecular weight is 388 g/mol. The van der Waals surface area contributed by atoms with Gasteiger partial charge in [-0.1, -0.05) is 49.1 Å². The summed E-state index contributed by atoms with van der Waals surface area (Å²) in [5.74, 6) is -2.97. The Morgan fingerprint density at radius 3 is 2.17 bits per heavy atom. The number of benzene rings is 3. The molecule has 3 aromatic rings. The summed E-state index contributed by atoms with van der Waals surface area (Å²) in [6.45, 7) is 3.64. The largest absolute Gasteiger partial charge is 0.507 e. The van der Waals surface area contributed by atoms with E-state index < -0.39 is 23.3 Å². The van der Waals surface area contributed by atoms with Crippen LogP contribution in [0.25, 0.3) is 6.08 Å². The first-order chi connectivity index (χ1) is 13.9. The summed E-state index contributed by atoms with van der Waals surface area (Å²) in [6, 6.07) is 16.3. The van der Waals surface area contributed by atoms with Crippen LogP contribution in [-0.4, -0.2) is 27.7 Å². The highest BCUT2D eigenvalue weighted by atomic mass is 16.5. The number of Topliss-reactive ketones (excluding diaryl/α,β-unsaturated/α-hetero) is 2. The van der Waals surface area contributed by atoms with Crippen molar-refractivity contribution in [2.75, 3.05) is 0 Å². The summed E-state index contributed by atoms with van der Waals surface area (Å²) in [5, 5.41) is 18.8. The van der Waals surface area contributed by atoms with Gasteiger partial charge in [0, 0.05) is 11.6 Å². The van der Waals surface area contributed by atoms with E-state index in [1.54, 1.807) is 42.5 Å². The number of para-hydroxylation sites is 1. The van der Waals surface area contributed by atoms with Gasteiger partial charge in [0.2, 0.25) is 11.6 Å². The van der Waals surface area contributed by atoms with E-state index in [1.807, 2.05) is 0 Å². The number of ketones is 2. The Hall–Kier alpha value is -4.19. The fraction of sp³-hybridized carbons (Fsp3) is 0. The molecule has 3 aromatic carbocycles. The smallest absolute Gasteiger partial charge is 0.339 e. The van der Waals surface area contributed by atoms with Gasteiger partial charge in [0.15, 0.2) is 0 Å². The van der Waals surface area contributed by atoms with Crippen molar-refractivity contribution in [1.82, 2.24) is 0 Å². The van der Waals surface area contributed by atoms with Crippen molar-refractivity contribution >= 4 is 23.6 Å². The molecule has 0 aliphatic rings. The molecular formula is C23H16O6. The Kier molecular flexibility index (Phi) is 5.55. The molecule has 0 aromatic heterocycles. The lowest BCUT2D eigenvalue weighted by Gasteiger charge is -2.11. The van der Waals surface area contributed by atoms with Gasteiger partial charge in [-0.15, -0.1) is 0 Å². The first kappa shape index (κ1) is 19.6. The summed E-state index contributed by atoms with van der Waals surface area (Å²) in [7, 11) is 0. The third kappa shape index (κ3) is 4.22. The second kappa shape index (κ2) is 8.22. The number of ether oxygens (including phenoxy) is 1. The number of carboxylic acids is 1. The molecule has 0 heterocycles. The Morgan fingerprint density at radius 1 is 0.862 bits per heavy atom. The van der Waals surface area contributed by atoms with Gasteiger partial charge in [-0.2, -0.15) is 0 Å². The molecule has 2 N–H and O–H groups in total. The second-order valence-corrected chi connectivity index (χ2v) is 6.07. The van der Waals surface area contributed by atoms with Gasteiger partial charge in [-0.3, -0.25) is 9.59 Å². The van der Waals surface area contributed by atoms with E-state index in [2.05, 4.69) is 6.58 Å². The average Bonchev–Trinajstić information content (AvgIpc) is 2.73. The molecule has 0 amide bonds. The van der Waals surface area contributed by atoms with Gasteiger partial charge >= 0.3 is 5.97 Å². The van der Waals surface area contributed by atoms with Crippen LogP contribution >= 0.6 is 0 Å². The lowest BCUT2D eigenvalue weighted by atomic mass is 10.00. The van der Waals surface area contributed by atoms with Crippen LogP contribution in [0.5, 0.6) is 17.2 Å². The van der Waals surface area contributed by atoms with E-state index >= 15 is 0 Å². The Morgan fingerprint density at radius 2 is 1.55 bits per heavy atom. The van der Waals surface area contributed by atoms with E-state index in [1.165, 1.54) is 24.3 Å². The minimum absolute atomic E-state index is 0.0482. The van der Waals surface area contributed by atoms with E-state index in [9.17, 15) is 19.5 Å². The van der Waals surface area contributed by atoms with Gasteiger partial charge in [0.1, 0.15) is 22.8 Å². The predicted molar refractivity (Wildman–Crippen MR) is 107 cm³/mol. The predicted octanol–water partition coefficient (Wildman–Crippen LogP) is 4.59. The van der Waals surface area contributed by atoms with Crippen LogP contribution in [0.15, 0.2) is 73.3 Å². The van der Waals surface area contributed by atoms with E-state index in [-0.39, 0.29) is 28.2 Å². The quantitative estimate of drug-likeness (QED) is 0.453. The van der Waals surface area contributed by atoms with Crippen LogP contribution in [-0.2, 0) is 0 Å². The van der Waals surface area contributed by atoms with Crippen molar-refractivity contribution in [2.45, 2.75) is 0 Å². The molecule has 0 saturated heterocycles. The molecule has 0 spiro atoms. The first-order valence-electron chi connectivity index (χ1n) is 8.55. The maximum Gasteiger partial charge on any atom is 0.339 e. The van der Waals surface area contributed by atoms with Crippen LogP contribution in [0.2, 0.25) is 0 Å². The summed E-state index contributed by atoms with van der Waals surface area (Å²) in [5.41, 5.74) is 0.827. The van der Waals surface area contributed by atoms with Gasteiger partial charge in [0.05, 0.1) is 5.56 Å². The maximum absolute atomic E-state index is 12.7. The van der Waals surface area contributed by atoms with Crippen molar-refractivity contribution in [3.63, 3.8) is 0 Å². The van der Waals surface area contributed by atoms with Crippen molar-refractivity contribution in [3.05, 3.63) is 95.6 Å². The topological polar surface area (TPSA) is 101 Å². The lowest BCUT2D eigenvalue weighted by Crippen LogP contribution is -2.15. The molecule has 6 nitrogen and oxygen atoms in total. The summed E-state index contributed by atoms with van der Waals surface area (Å²) in [4.78, 5) is 36.3. The van der Waals surface area contributed by atoms with Gasteiger partial charge in [0.25, 0.3) is 0 Å². The number of carbonyl (C=O) groups excluding carboxylic acids is 2. The Labute approximate surface area is 166 Å². The Balaban J connectivity index is 1.89. The molecule has 0 bridgehead atoms. The van der Waals surface area contributed by atoms with Crippen LogP contribution in [0.1, 0.15) is 36.6 Å². The molecular weight excluding hydrogens is 372 g/mol. The van der Waals surface area contributed by atoms with Crippen molar-refractivity contribution in [3.8, 4) is 17.2 Å². The molecule has 3 rings (SSSR count). The molecule has 0 aliphatic carbocycles. The number of carboxylic acid groups (broad SMARTS) is 1. The molecule has 0 saturated carbocycles. The van der Waals surface area contributed by atoms with Crippen molar-refractivity contribution in [1.29, 1.82) is 0 Å². The molecule has 0 aliphatic heterocycles. The molecule has 144 valence electrons. The van der Waals surface area contributed by atoms with Crippen LogP contribution in [0.3, 0.4) is 0 Å². The number of aromatic carboxylic acids is 1. The van der Waals surface area contributed by atoms with Gasteiger partial charge < -0.3 is 14.9 Å². The lowest BCUT2D eigenvalue weighted by molar-refractivity contribution is 0.0693. The van der Waals surface area contributed by atoms with Gasteiger partial charge in [-0.05, 0) is 29.8 Å². The molecule has 0 radical (unpaired) electrons. The van der Waals surface area contributed by atoms with Crippen LogP contribution in [0, 0.1) is 0 Å². The zero-order chi connectivity index (χ0) is 21.0. The van der Waals surface area contributed by atoms with E-state index in [4.69, 9.17) is 9.84 Å². The molecule has 29 heavy (non-hydrogen) atoms. The normalized spacial score (nSPS) is 10.2. The highest BCUT2D eigenvalue weighted by molar-refractivity contribution is 6.49. The van der Waals surface area contributed by atoms with Gasteiger partial charge in [-0.25, -0.2) is 4.79 Å². The molecule has 6 heteroatoms. The van der Waals surface area contributed by atoms with Crippen molar-refractivity contribution in [2.24, 2.45) is 0 Å². The number of aromatic hydroxyl groups is 1. The molecule has 0 atom stereocenters. The maximum atomic E-state index is 12.7. The SMILES string of the molecule is C=Cc1ccc(C(=O)C(=O)c2ccccc2Oc2ccc(C(=O)O)c(O)c2)cc1. The summed E-state index contributed by atoms with van der Waals surface area (Å²) < 4.78 is 5.63. The zero-order valence-corrected chi connectivity index (χ0v) is 15.2. The monoisotopic (exact) mass is 388 g/mol. The van der Waals surface area contributed by atoms with E-state index in [0.717, 1.165) is 11.6 Å². The van der Waals surface area contributed by atoms with Crippen LogP contribution in [0.4, 0.5) is 0 Å². The summed E-state index contributed by atoms with van der Waals surface area (Å²) in [6.07, 6.45) is 1.63. The third-order valence-electron chi connectivity index (χ3n) is 4.17. The number of hydrogen-bond donors (Lipinski definition) is 2. The highest BCUT2D eigenvalue weighted by Gasteiger charge is 2.22. The number of hydrogen-bond acceptors (Lipinski definition) is 5. The van der Waals surface area contributed by atoms with Crippen LogP contribution < -0.4 is 4.74 Å². The third-order valence-corrected chi connectivity index (χ3v) is 4.17. The number of rotatable bonds is 7. The zero-order valence-electron chi connectivity index (χ0n) is 15.2. The number of phenols is 1. The minimum Gasteiger partial charge on any atom is -0.507 e. The first-order valence-corrected chi connectivity index (χ1v) is 8.55. The fourth-order valence-electron chi connectivity index (χ4n) is 2.65. The Bertz CT molecular complexity index is 1110. The molecule has 0 fully saturated rings. The number of carbonyl (C=O) groups is 3. The summed E-state index contributed by atoms with van der Waals surface area (Å²) >= 11 is 0. The minimum atomic E-state index is -1.28. The highest BCUT2D eigenvalue weighted by Crippen LogP contribution is 2.30.